The third-order valence-electron chi connectivity index (χ3n) is 3.29. The van der Waals surface area contributed by atoms with Gasteiger partial charge in [0.2, 0.25) is 0 Å². The van der Waals surface area contributed by atoms with E-state index in [1.54, 1.807) is 16.9 Å². The molecule has 1 aliphatic rings. The number of anilines is 1. The predicted molar refractivity (Wildman–Crippen MR) is 73.0 cm³/mol. The van der Waals surface area contributed by atoms with E-state index >= 15 is 0 Å². The van der Waals surface area contributed by atoms with Gasteiger partial charge in [-0.2, -0.15) is 5.10 Å². The van der Waals surface area contributed by atoms with Crippen molar-refractivity contribution in [1.82, 2.24) is 14.7 Å². The van der Waals surface area contributed by atoms with E-state index in [4.69, 9.17) is 0 Å². The highest BCUT2D eigenvalue weighted by molar-refractivity contribution is 5.38. The zero-order valence-electron chi connectivity index (χ0n) is 11.1. The smallest absolute Gasteiger partial charge is 0.268 e. The van der Waals surface area contributed by atoms with Gasteiger partial charge in [0.15, 0.2) is 0 Å². The summed E-state index contributed by atoms with van der Waals surface area (Å²) < 4.78 is 1.55. The van der Waals surface area contributed by atoms with Gasteiger partial charge in [0.25, 0.3) is 5.56 Å². The zero-order chi connectivity index (χ0) is 12.8. The highest BCUT2D eigenvalue weighted by Crippen LogP contribution is 2.07. The van der Waals surface area contributed by atoms with Crippen molar-refractivity contribution in [1.29, 1.82) is 0 Å². The summed E-state index contributed by atoms with van der Waals surface area (Å²) >= 11 is 0. The van der Waals surface area contributed by atoms with Crippen LogP contribution in [-0.4, -0.2) is 40.9 Å². The van der Waals surface area contributed by atoms with Crippen LogP contribution in [0.5, 0.6) is 0 Å². The summed E-state index contributed by atoms with van der Waals surface area (Å²) in [4.78, 5) is 14.2. The number of hydrogen-bond acceptors (Lipinski definition) is 4. The Kier molecular flexibility index (Phi) is 4.75. The first-order chi connectivity index (χ1) is 8.79. The van der Waals surface area contributed by atoms with Crippen LogP contribution in [0.2, 0.25) is 0 Å². The molecule has 0 saturated carbocycles. The highest BCUT2D eigenvalue weighted by Gasteiger charge is 2.10. The summed E-state index contributed by atoms with van der Waals surface area (Å²) in [6.07, 6.45) is 5.35. The fourth-order valence-electron chi connectivity index (χ4n) is 2.35. The lowest BCUT2D eigenvalue weighted by Gasteiger charge is -2.14. The van der Waals surface area contributed by atoms with Crippen molar-refractivity contribution in [2.24, 2.45) is 0 Å². The predicted octanol–water partition coefficient (Wildman–Crippen LogP) is 1.16. The van der Waals surface area contributed by atoms with Crippen LogP contribution in [0, 0.1) is 0 Å². The lowest BCUT2D eigenvalue weighted by atomic mass is 10.4. The molecule has 100 valence electrons. The van der Waals surface area contributed by atoms with Crippen molar-refractivity contribution >= 4 is 5.69 Å². The van der Waals surface area contributed by atoms with Gasteiger partial charge in [-0.25, -0.2) is 4.68 Å². The Morgan fingerprint density at radius 1 is 1.33 bits per heavy atom. The maximum absolute atomic E-state index is 11.8. The largest absolute Gasteiger partial charge is 0.384 e. The Hall–Kier alpha value is -1.36. The molecule has 0 bridgehead atoms. The average molecular weight is 250 g/mol. The minimum atomic E-state index is -0.0186. The molecule has 5 heteroatoms. The van der Waals surface area contributed by atoms with Gasteiger partial charge in [-0.05, 0) is 45.8 Å². The molecule has 0 radical (unpaired) electrons. The summed E-state index contributed by atoms with van der Waals surface area (Å²) in [6, 6.07) is 1.62. The minimum Gasteiger partial charge on any atom is -0.384 e. The van der Waals surface area contributed by atoms with Crippen LogP contribution in [0.15, 0.2) is 17.1 Å². The van der Waals surface area contributed by atoms with E-state index in [2.05, 4.69) is 15.3 Å². The van der Waals surface area contributed by atoms with E-state index in [0.717, 1.165) is 25.2 Å². The third kappa shape index (κ3) is 3.57. The van der Waals surface area contributed by atoms with E-state index in [0.29, 0.717) is 6.54 Å². The maximum atomic E-state index is 11.8. The minimum absolute atomic E-state index is 0.0186. The first kappa shape index (κ1) is 13.1. The van der Waals surface area contributed by atoms with Crippen LogP contribution in [-0.2, 0) is 6.54 Å². The first-order valence-electron chi connectivity index (χ1n) is 6.83. The van der Waals surface area contributed by atoms with Crippen molar-refractivity contribution in [2.45, 2.75) is 32.7 Å². The molecule has 0 atom stereocenters. The van der Waals surface area contributed by atoms with Gasteiger partial charge in [0.05, 0.1) is 11.9 Å². The van der Waals surface area contributed by atoms with Gasteiger partial charge in [-0.15, -0.1) is 0 Å². The number of likely N-dealkylation sites (tertiary alicyclic amines) is 1. The van der Waals surface area contributed by atoms with E-state index in [1.807, 2.05) is 6.92 Å². The Morgan fingerprint density at radius 3 is 2.78 bits per heavy atom. The van der Waals surface area contributed by atoms with Crippen LogP contribution in [0.4, 0.5) is 5.69 Å². The molecule has 18 heavy (non-hydrogen) atoms. The van der Waals surface area contributed by atoms with Gasteiger partial charge >= 0.3 is 0 Å². The van der Waals surface area contributed by atoms with Crippen LogP contribution in [0.3, 0.4) is 0 Å². The second-order valence-electron chi connectivity index (χ2n) is 4.74. The molecule has 1 aliphatic heterocycles. The number of nitrogens with one attached hydrogen (secondary N) is 1. The summed E-state index contributed by atoms with van der Waals surface area (Å²) in [7, 11) is 0. The molecule has 1 aromatic heterocycles. The van der Waals surface area contributed by atoms with Crippen LogP contribution < -0.4 is 10.9 Å². The summed E-state index contributed by atoms with van der Waals surface area (Å²) in [6.45, 7) is 7.01. The van der Waals surface area contributed by atoms with Crippen molar-refractivity contribution in [3.8, 4) is 0 Å². The second kappa shape index (κ2) is 6.54. The van der Waals surface area contributed by atoms with E-state index in [9.17, 15) is 4.79 Å². The SMILES string of the molecule is CCNc1cnn(CCCN2CCCC2)c(=O)c1. The summed E-state index contributed by atoms with van der Waals surface area (Å²) in [5, 5.41) is 7.28. The zero-order valence-corrected chi connectivity index (χ0v) is 11.1. The number of aryl methyl sites for hydroxylation is 1. The van der Waals surface area contributed by atoms with E-state index < -0.39 is 0 Å². The summed E-state index contributed by atoms with van der Waals surface area (Å²) in [5.74, 6) is 0. The van der Waals surface area contributed by atoms with Crippen LogP contribution in [0.1, 0.15) is 26.2 Å². The second-order valence-corrected chi connectivity index (χ2v) is 4.74. The number of nitrogens with zero attached hydrogens (tertiary/aromatic N) is 3. The Bertz CT molecular complexity index is 423. The molecule has 2 rings (SSSR count). The molecule has 1 fully saturated rings. The molecule has 0 aliphatic carbocycles. The molecule has 0 amide bonds. The average Bonchev–Trinajstić information content (AvgIpc) is 2.85. The number of rotatable bonds is 6. The highest BCUT2D eigenvalue weighted by atomic mass is 16.1. The van der Waals surface area contributed by atoms with Crippen molar-refractivity contribution in [3.63, 3.8) is 0 Å². The molecule has 1 saturated heterocycles. The molecule has 0 spiro atoms. The molecule has 1 N–H and O–H groups in total. The van der Waals surface area contributed by atoms with Crippen molar-refractivity contribution < 1.29 is 0 Å². The van der Waals surface area contributed by atoms with Gasteiger partial charge in [-0.1, -0.05) is 0 Å². The quantitative estimate of drug-likeness (QED) is 0.823. The Morgan fingerprint density at radius 2 is 2.11 bits per heavy atom. The Balaban J connectivity index is 1.83. The maximum Gasteiger partial charge on any atom is 0.268 e. The van der Waals surface area contributed by atoms with Crippen molar-refractivity contribution in [3.05, 3.63) is 22.6 Å². The molecule has 1 aromatic rings. The number of hydrogen-bond donors (Lipinski definition) is 1. The van der Waals surface area contributed by atoms with Gasteiger partial charge in [0.1, 0.15) is 0 Å². The molecular weight excluding hydrogens is 228 g/mol. The van der Waals surface area contributed by atoms with Gasteiger partial charge in [0, 0.05) is 19.2 Å². The van der Waals surface area contributed by atoms with E-state index in [1.165, 1.54) is 25.9 Å². The molecular formula is C13H22N4O. The lowest BCUT2D eigenvalue weighted by molar-refractivity contribution is 0.320. The molecule has 0 aromatic carbocycles. The standard InChI is InChI=1S/C13H22N4O/c1-2-14-12-10-13(18)17(15-11-12)9-5-8-16-6-3-4-7-16/h10-11,14H,2-9H2,1H3. The molecule has 5 nitrogen and oxygen atoms in total. The lowest BCUT2D eigenvalue weighted by Crippen LogP contribution is -2.26. The first-order valence-corrected chi connectivity index (χ1v) is 6.83. The van der Waals surface area contributed by atoms with Crippen LogP contribution >= 0.6 is 0 Å². The molecule has 2 heterocycles. The number of aromatic nitrogens is 2. The monoisotopic (exact) mass is 250 g/mol. The topological polar surface area (TPSA) is 50.2 Å². The fourth-order valence-corrected chi connectivity index (χ4v) is 2.35. The van der Waals surface area contributed by atoms with Gasteiger partial charge in [-0.3, -0.25) is 4.79 Å². The summed E-state index contributed by atoms with van der Waals surface area (Å²) in [5.41, 5.74) is 0.785. The normalized spacial score (nSPS) is 16.1. The Labute approximate surface area is 108 Å². The van der Waals surface area contributed by atoms with E-state index in [-0.39, 0.29) is 5.56 Å². The third-order valence-corrected chi connectivity index (χ3v) is 3.29. The van der Waals surface area contributed by atoms with Crippen molar-refractivity contribution in [2.75, 3.05) is 31.5 Å². The molecule has 0 unspecified atom stereocenters. The van der Waals surface area contributed by atoms with Gasteiger partial charge < -0.3 is 10.2 Å². The van der Waals surface area contributed by atoms with Crippen LogP contribution in [0.25, 0.3) is 0 Å². The fraction of sp³-hybridized carbons (Fsp3) is 0.692.